The van der Waals surface area contributed by atoms with E-state index in [2.05, 4.69) is 0 Å². The van der Waals surface area contributed by atoms with Crippen molar-refractivity contribution < 1.29 is 45.2 Å². The zero-order chi connectivity index (χ0) is 21.3. The lowest BCUT2D eigenvalue weighted by Crippen LogP contribution is -2.60. The van der Waals surface area contributed by atoms with Crippen LogP contribution in [0.15, 0.2) is 24.3 Å². The molecule has 2 aliphatic heterocycles. The number of para-hydroxylation sites is 1. The topological polar surface area (TPSA) is 163 Å². The van der Waals surface area contributed by atoms with Crippen LogP contribution in [0.5, 0.6) is 5.75 Å². The van der Waals surface area contributed by atoms with Gasteiger partial charge in [-0.25, -0.2) is 0 Å². The van der Waals surface area contributed by atoms with Crippen LogP contribution in [0.3, 0.4) is 0 Å². The smallest absolute Gasteiger partial charge is 0.229 e. The highest BCUT2D eigenvalue weighted by Crippen LogP contribution is 2.29. The van der Waals surface area contributed by atoms with Gasteiger partial charge < -0.3 is 45.2 Å². The van der Waals surface area contributed by atoms with Gasteiger partial charge in [0, 0.05) is 24.7 Å². The molecule has 2 fully saturated rings. The molecule has 29 heavy (non-hydrogen) atoms. The highest BCUT2D eigenvalue weighted by atomic mass is 16.7. The Balaban J connectivity index is 1.76. The van der Waals surface area contributed by atoms with E-state index in [4.69, 9.17) is 9.47 Å². The SMILES string of the molecule is C[C@H]1[C@@H](O)[C@@H](O)[C@H](O)CN1Cc1ccccc1O[C@@H]1O[C@H](CO)[C@H](O)[C@H](O)[C@H]1O. The van der Waals surface area contributed by atoms with Gasteiger partial charge in [0.1, 0.15) is 36.3 Å². The average molecular weight is 415 g/mol. The summed E-state index contributed by atoms with van der Waals surface area (Å²) < 4.78 is 11.1. The fraction of sp³-hybridized carbons (Fsp3) is 0.684. The molecule has 0 amide bonds. The summed E-state index contributed by atoms with van der Waals surface area (Å²) in [6.45, 7) is 1.60. The number of β-amino-alcohol motifs (C(OH)–C–C–N with tert-alkyl or cyclic N) is 1. The number of benzene rings is 1. The average Bonchev–Trinajstić information content (AvgIpc) is 2.72. The van der Waals surface area contributed by atoms with E-state index in [1.165, 1.54) is 0 Å². The Hall–Kier alpha value is -1.34. The number of aliphatic hydroxyl groups is 7. The van der Waals surface area contributed by atoms with Crippen LogP contribution in [0.25, 0.3) is 0 Å². The van der Waals surface area contributed by atoms with Crippen molar-refractivity contribution in [1.82, 2.24) is 4.90 Å². The van der Waals surface area contributed by atoms with Crippen molar-refractivity contribution in [2.45, 2.75) is 68.5 Å². The van der Waals surface area contributed by atoms with Gasteiger partial charge in [-0.3, -0.25) is 4.90 Å². The van der Waals surface area contributed by atoms with Crippen LogP contribution in [-0.2, 0) is 11.3 Å². The summed E-state index contributed by atoms with van der Waals surface area (Å²) in [4.78, 5) is 1.79. The molecule has 0 spiro atoms. The first-order chi connectivity index (χ1) is 13.7. The monoisotopic (exact) mass is 415 g/mol. The fourth-order valence-corrected chi connectivity index (χ4v) is 3.71. The summed E-state index contributed by atoms with van der Waals surface area (Å²) in [5, 5.41) is 69.3. The van der Waals surface area contributed by atoms with E-state index in [-0.39, 0.29) is 13.1 Å². The number of ether oxygens (including phenoxy) is 2. The Labute approximate surface area is 168 Å². The van der Waals surface area contributed by atoms with Crippen molar-refractivity contribution in [3.63, 3.8) is 0 Å². The first kappa shape index (κ1) is 22.3. The number of hydrogen-bond donors (Lipinski definition) is 7. The highest BCUT2D eigenvalue weighted by Gasteiger charge is 2.45. The van der Waals surface area contributed by atoms with Crippen LogP contribution in [0.2, 0.25) is 0 Å². The molecule has 0 saturated carbocycles. The molecule has 0 unspecified atom stereocenters. The summed E-state index contributed by atoms with van der Waals surface area (Å²) in [5.74, 6) is 0.333. The van der Waals surface area contributed by atoms with Gasteiger partial charge in [-0.05, 0) is 13.0 Å². The van der Waals surface area contributed by atoms with Gasteiger partial charge in [-0.2, -0.15) is 0 Å². The first-order valence-electron chi connectivity index (χ1n) is 9.58. The summed E-state index contributed by atoms with van der Waals surface area (Å²) in [6, 6.07) is 6.44. The molecule has 2 saturated heterocycles. The molecule has 0 aromatic heterocycles. The quantitative estimate of drug-likeness (QED) is 0.266. The zero-order valence-electron chi connectivity index (χ0n) is 16.0. The molecule has 0 bridgehead atoms. The minimum absolute atomic E-state index is 0.147. The lowest BCUT2D eigenvalue weighted by molar-refractivity contribution is -0.277. The van der Waals surface area contributed by atoms with Crippen molar-refractivity contribution in [3.05, 3.63) is 29.8 Å². The largest absolute Gasteiger partial charge is 0.462 e. The van der Waals surface area contributed by atoms with Crippen LogP contribution in [0, 0.1) is 0 Å². The zero-order valence-corrected chi connectivity index (χ0v) is 16.0. The Morgan fingerprint density at radius 2 is 1.66 bits per heavy atom. The van der Waals surface area contributed by atoms with Crippen molar-refractivity contribution in [1.29, 1.82) is 0 Å². The number of likely N-dealkylation sites (tertiary alicyclic amines) is 1. The molecular weight excluding hydrogens is 386 g/mol. The minimum atomic E-state index is -1.55. The number of rotatable bonds is 5. The Morgan fingerprint density at radius 1 is 0.966 bits per heavy atom. The molecule has 3 rings (SSSR count). The molecule has 1 aromatic rings. The third-order valence-electron chi connectivity index (χ3n) is 5.67. The van der Waals surface area contributed by atoms with Crippen molar-refractivity contribution in [2.75, 3.05) is 13.2 Å². The van der Waals surface area contributed by atoms with E-state index in [1.807, 2.05) is 0 Å². The minimum Gasteiger partial charge on any atom is -0.462 e. The maximum absolute atomic E-state index is 10.2. The molecule has 2 heterocycles. The predicted octanol–water partition coefficient (Wildman–Crippen LogP) is -2.85. The van der Waals surface area contributed by atoms with Gasteiger partial charge in [-0.15, -0.1) is 0 Å². The van der Waals surface area contributed by atoms with Crippen molar-refractivity contribution in [3.8, 4) is 5.75 Å². The van der Waals surface area contributed by atoms with Crippen LogP contribution in [-0.4, -0.2) is 109 Å². The van der Waals surface area contributed by atoms with E-state index in [1.54, 1.807) is 36.1 Å². The van der Waals surface area contributed by atoms with Gasteiger partial charge in [0.15, 0.2) is 0 Å². The van der Waals surface area contributed by atoms with E-state index < -0.39 is 61.7 Å². The molecule has 9 atom stereocenters. The van der Waals surface area contributed by atoms with Gasteiger partial charge in [0.25, 0.3) is 0 Å². The van der Waals surface area contributed by atoms with E-state index in [0.717, 1.165) is 0 Å². The van der Waals surface area contributed by atoms with E-state index in [9.17, 15) is 35.7 Å². The maximum atomic E-state index is 10.2. The standard InChI is InChI=1S/C19H29NO9/c1-9-14(23)15(24)11(22)7-20(9)6-10-4-2-3-5-12(10)28-19-18(27)17(26)16(25)13(8-21)29-19/h2-5,9,11,13-19,21-27H,6-8H2,1H3/t9-,11+,13+,14+,15-,16-,17-,18+,19+/m0/s1. The maximum Gasteiger partial charge on any atom is 0.229 e. The van der Waals surface area contributed by atoms with Gasteiger partial charge >= 0.3 is 0 Å². The van der Waals surface area contributed by atoms with E-state index >= 15 is 0 Å². The number of aliphatic hydroxyl groups excluding tert-OH is 7. The molecule has 2 aliphatic rings. The summed E-state index contributed by atoms with van der Waals surface area (Å²) in [5.41, 5.74) is 0.659. The Bertz CT molecular complexity index is 675. The second-order valence-corrected chi connectivity index (χ2v) is 7.64. The summed E-state index contributed by atoms with van der Waals surface area (Å²) in [7, 11) is 0. The molecule has 10 heteroatoms. The van der Waals surface area contributed by atoms with Crippen LogP contribution in [0.4, 0.5) is 0 Å². The highest BCUT2D eigenvalue weighted by molar-refractivity contribution is 5.33. The molecule has 0 aliphatic carbocycles. The molecular formula is C19H29NO9. The van der Waals surface area contributed by atoms with Crippen LogP contribution in [0.1, 0.15) is 12.5 Å². The lowest BCUT2D eigenvalue weighted by Gasteiger charge is -2.42. The van der Waals surface area contributed by atoms with Gasteiger partial charge in [0.2, 0.25) is 6.29 Å². The lowest BCUT2D eigenvalue weighted by atomic mass is 9.94. The molecule has 10 nitrogen and oxygen atoms in total. The predicted molar refractivity (Wildman–Crippen MR) is 98.7 cm³/mol. The third kappa shape index (κ3) is 4.55. The second-order valence-electron chi connectivity index (χ2n) is 7.64. The second kappa shape index (κ2) is 9.21. The normalized spacial score (nSPS) is 41.3. The molecule has 1 aromatic carbocycles. The molecule has 0 radical (unpaired) electrons. The number of piperidine rings is 1. The van der Waals surface area contributed by atoms with Crippen LogP contribution >= 0.6 is 0 Å². The Kier molecular flexibility index (Phi) is 7.10. The van der Waals surface area contributed by atoms with Gasteiger partial charge in [0.05, 0.1) is 18.8 Å². The first-order valence-corrected chi connectivity index (χ1v) is 9.58. The van der Waals surface area contributed by atoms with Crippen molar-refractivity contribution in [2.24, 2.45) is 0 Å². The van der Waals surface area contributed by atoms with Crippen LogP contribution < -0.4 is 4.74 Å². The van der Waals surface area contributed by atoms with Crippen molar-refractivity contribution >= 4 is 0 Å². The molecule has 164 valence electrons. The third-order valence-corrected chi connectivity index (χ3v) is 5.67. The van der Waals surface area contributed by atoms with Gasteiger partial charge in [-0.1, -0.05) is 18.2 Å². The fourth-order valence-electron chi connectivity index (χ4n) is 3.71. The number of nitrogens with zero attached hydrogens (tertiary/aromatic N) is 1. The molecule has 7 N–H and O–H groups in total. The summed E-state index contributed by atoms with van der Waals surface area (Å²) in [6.07, 6.45) is -10.4. The Morgan fingerprint density at radius 3 is 2.34 bits per heavy atom. The summed E-state index contributed by atoms with van der Waals surface area (Å²) >= 11 is 0. The number of hydrogen-bond acceptors (Lipinski definition) is 10. The van der Waals surface area contributed by atoms with E-state index in [0.29, 0.717) is 11.3 Å².